The fourth-order valence-corrected chi connectivity index (χ4v) is 3.87. The van der Waals surface area contributed by atoms with Gasteiger partial charge in [0, 0.05) is 26.2 Å². The van der Waals surface area contributed by atoms with Gasteiger partial charge in [-0.1, -0.05) is 39.0 Å². The van der Waals surface area contributed by atoms with Gasteiger partial charge in [-0.2, -0.15) is 17.5 Å². The first kappa shape index (κ1) is 23.0. The first-order valence-corrected chi connectivity index (χ1v) is 10.7. The van der Waals surface area contributed by atoms with E-state index in [-0.39, 0.29) is 19.0 Å². The summed E-state index contributed by atoms with van der Waals surface area (Å²) in [7, 11) is -5.22. The highest BCUT2D eigenvalue weighted by atomic mass is 32.2. The molecule has 1 rings (SSSR count). The van der Waals surface area contributed by atoms with Crippen LogP contribution in [-0.4, -0.2) is 50.4 Å². The van der Waals surface area contributed by atoms with E-state index in [4.69, 9.17) is 5.73 Å². The molecule has 0 amide bonds. The molecule has 0 saturated carbocycles. The number of aliphatic imine (C=N–C) groups is 1. The Balaban J connectivity index is 2.23. The summed E-state index contributed by atoms with van der Waals surface area (Å²) in [6.45, 7) is 3.07. The quantitative estimate of drug-likeness (QED) is 0.335. The molecule has 0 radical (unpaired) electrons. The molecule has 10 heteroatoms. The fourth-order valence-electron chi connectivity index (χ4n) is 2.88. The minimum Gasteiger partial charge on any atom is -0.370 e. The number of hydrogen-bond acceptors (Lipinski definition) is 3. The summed E-state index contributed by atoms with van der Waals surface area (Å²) in [5.74, 6) is 0.382. The number of hydrogen-bond donors (Lipinski definition) is 2. The minimum atomic E-state index is -5.23. The number of piperidine rings is 1. The van der Waals surface area contributed by atoms with E-state index in [1.807, 2.05) is 0 Å². The third-order valence-electron chi connectivity index (χ3n) is 4.56. The van der Waals surface area contributed by atoms with E-state index in [2.05, 4.69) is 17.2 Å². The molecule has 0 aromatic heterocycles. The van der Waals surface area contributed by atoms with Gasteiger partial charge in [0.15, 0.2) is 5.96 Å². The van der Waals surface area contributed by atoms with Gasteiger partial charge in [-0.15, -0.1) is 0 Å². The Kier molecular flexibility index (Phi) is 9.70. The van der Waals surface area contributed by atoms with E-state index in [9.17, 15) is 21.6 Å². The third kappa shape index (κ3) is 7.69. The van der Waals surface area contributed by atoms with Gasteiger partial charge in [0.05, 0.1) is 0 Å². The fraction of sp³-hybridized carbons (Fsp3) is 0.938. The van der Waals surface area contributed by atoms with Crippen LogP contribution in [-0.2, 0) is 10.0 Å². The average Bonchev–Trinajstić information content (AvgIpc) is 2.58. The number of unbranched alkanes of at least 4 members (excludes halogenated alkanes) is 5. The van der Waals surface area contributed by atoms with Gasteiger partial charge in [-0.25, -0.2) is 8.42 Å². The molecule has 0 aliphatic carbocycles. The second kappa shape index (κ2) is 11.0. The molecule has 0 bridgehead atoms. The van der Waals surface area contributed by atoms with Crippen LogP contribution in [0.3, 0.4) is 0 Å². The Morgan fingerprint density at radius 1 is 1.15 bits per heavy atom. The lowest BCUT2D eigenvalue weighted by molar-refractivity contribution is -0.0496. The number of guanidine groups is 1. The zero-order valence-corrected chi connectivity index (χ0v) is 16.2. The second-order valence-corrected chi connectivity index (χ2v) is 8.64. The zero-order chi connectivity index (χ0) is 19.6. The van der Waals surface area contributed by atoms with Crippen molar-refractivity contribution in [3.63, 3.8) is 0 Å². The molecule has 1 fully saturated rings. The molecule has 1 saturated heterocycles. The molecule has 0 aromatic rings. The molecule has 1 aliphatic heterocycles. The van der Waals surface area contributed by atoms with Crippen LogP contribution in [0.2, 0.25) is 0 Å². The van der Waals surface area contributed by atoms with Gasteiger partial charge >= 0.3 is 15.5 Å². The van der Waals surface area contributed by atoms with Crippen molar-refractivity contribution >= 4 is 16.0 Å². The maximum Gasteiger partial charge on any atom is 0.511 e. The molecule has 1 heterocycles. The van der Waals surface area contributed by atoms with Crippen molar-refractivity contribution in [3.05, 3.63) is 0 Å². The standard InChI is InChI=1S/C16H31F3N4O2S/c1-2-3-4-5-6-7-10-21-15(20)22-13-14-8-11-23(12-9-14)26(24,25)16(17,18)19/h14H,2-13H2,1H3,(H3,20,21,22). The van der Waals surface area contributed by atoms with Crippen LogP contribution in [0, 0.1) is 5.92 Å². The van der Waals surface area contributed by atoms with Crippen molar-refractivity contribution in [2.24, 2.45) is 16.6 Å². The van der Waals surface area contributed by atoms with Gasteiger partial charge in [-0.05, 0) is 25.2 Å². The van der Waals surface area contributed by atoms with Crippen LogP contribution < -0.4 is 11.1 Å². The van der Waals surface area contributed by atoms with Crippen molar-refractivity contribution < 1.29 is 21.6 Å². The van der Waals surface area contributed by atoms with Crippen LogP contribution in [0.25, 0.3) is 0 Å². The maximum atomic E-state index is 12.5. The van der Waals surface area contributed by atoms with E-state index >= 15 is 0 Å². The Labute approximate surface area is 154 Å². The molecule has 0 atom stereocenters. The number of halogens is 3. The lowest BCUT2D eigenvalue weighted by Crippen LogP contribution is -2.45. The number of nitrogens with one attached hydrogen (secondary N) is 1. The summed E-state index contributed by atoms with van der Waals surface area (Å²) in [6.07, 6.45) is 7.82. The van der Waals surface area contributed by atoms with E-state index in [0.29, 0.717) is 29.7 Å². The Hall–Kier alpha value is -1.03. The molecule has 6 nitrogen and oxygen atoms in total. The highest BCUT2D eigenvalue weighted by Gasteiger charge is 2.50. The average molecular weight is 401 g/mol. The zero-order valence-electron chi connectivity index (χ0n) is 15.4. The van der Waals surface area contributed by atoms with E-state index in [0.717, 1.165) is 19.4 Å². The SMILES string of the molecule is CCCCCCCCNC(N)=NCC1CCN(S(=O)(=O)C(F)(F)F)CC1. The summed E-state index contributed by atoms with van der Waals surface area (Å²) >= 11 is 0. The van der Waals surface area contributed by atoms with Gasteiger partial charge < -0.3 is 11.1 Å². The van der Waals surface area contributed by atoms with Crippen molar-refractivity contribution in [2.45, 2.75) is 63.8 Å². The Bertz CT molecular complexity index is 530. The first-order chi connectivity index (χ1) is 12.2. The highest BCUT2D eigenvalue weighted by Crippen LogP contribution is 2.30. The second-order valence-electron chi connectivity index (χ2n) is 6.71. The molecule has 0 aromatic carbocycles. The summed E-state index contributed by atoms with van der Waals surface area (Å²) in [6, 6.07) is 0. The van der Waals surface area contributed by atoms with Gasteiger partial charge in [-0.3, -0.25) is 4.99 Å². The molecule has 3 N–H and O–H groups in total. The van der Waals surface area contributed by atoms with Gasteiger partial charge in [0.25, 0.3) is 0 Å². The summed E-state index contributed by atoms with van der Waals surface area (Å²) in [5.41, 5.74) is 0.558. The van der Waals surface area contributed by atoms with Crippen LogP contribution in [0.4, 0.5) is 13.2 Å². The number of nitrogens with two attached hydrogens (primary N) is 1. The first-order valence-electron chi connectivity index (χ1n) is 9.28. The lowest BCUT2D eigenvalue weighted by atomic mass is 9.98. The van der Waals surface area contributed by atoms with Gasteiger partial charge in [0.2, 0.25) is 0 Å². The van der Waals surface area contributed by atoms with E-state index < -0.39 is 15.5 Å². The minimum absolute atomic E-state index is 0.0454. The maximum absolute atomic E-state index is 12.5. The predicted molar refractivity (Wildman–Crippen MR) is 97.1 cm³/mol. The summed E-state index contributed by atoms with van der Waals surface area (Å²) < 4.78 is 60.8. The Morgan fingerprint density at radius 2 is 1.73 bits per heavy atom. The Morgan fingerprint density at radius 3 is 2.31 bits per heavy atom. The smallest absolute Gasteiger partial charge is 0.370 e. The molecule has 0 unspecified atom stereocenters. The number of alkyl halides is 3. The van der Waals surface area contributed by atoms with E-state index in [1.54, 1.807) is 0 Å². The lowest BCUT2D eigenvalue weighted by Gasteiger charge is -2.30. The van der Waals surface area contributed by atoms with Crippen LogP contribution >= 0.6 is 0 Å². The molecular formula is C16H31F3N4O2S. The van der Waals surface area contributed by atoms with Gasteiger partial charge in [0.1, 0.15) is 0 Å². The van der Waals surface area contributed by atoms with Crippen molar-refractivity contribution in [3.8, 4) is 0 Å². The van der Waals surface area contributed by atoms with Crippen molar-refractivity contribution in [1.29, 1.82) is 0 Å². The molecule has 1 aliphatic rings. The third-order valence-corrected chi connectivity index (χ3v) is 6.19. The number of nitrogens with zero attached hydrogens (tertiary/aromatic N) is 2. The normalized spacial score (nSPS) is 18.2. The molecule has 154 valence electrons. The molecule has 0 spiro atoms. The summed E-state index contributed by atoms with van der Waals surface area (Å²) in [4.78, 5) is 4.22. The summed E-state index contributed by atoms with van der Waals surface area (Å²) in [5, 5.41) is 3.04. The largest absolute Gasteiger partial charge is 0.511 e. The number of rotatable bonds is 10. The monoisotopic (exact) mass is 400 g/mol. The molecule has 26 heavy (non-hydrogen) atoms. The van der Waals surface area contributed by atoms with Crippen molar-refractivity contribution in [1.82, 2.24) is 9.62 Å². The van der Waals surface area contributed by atoms with Crippen LogP contribution in [0.5, 0.6) is 0 Å². The van der Waals surface area contributed by atoms with Crippen LogP contribution in [0.15, 0.2) is 4.99 Å². The topological polar surface area (TPSA) is 87.8 Å². The van der Waals surface area contributed by atoms with E-state index in [1.165, 1.54) is 25.7 Å². The predicted octanol–water partition coefficient (Wildman–Crippen LogP) is 2.81. The van der Waals surface area contributed by atoms with Crippen LogP contribution in [0.1, 0.15) is 58.3 Å². The highest BCUT2D eigenvalue weighted by molar-refractivity contribution is 7.90. The number of sulfonamides is 1. The molecular weight excluding hydrogens is 369 g/mol. The van der Waals surface area contributed by atoms with Crippen molar-refractivity contribution in [2.75, 3.05) is 26.2 Å².